The van der Waals surface area contributed by atoms with Crippen molar-refractivity contribution in [3.8, 4) is 11.5 Å². The summed E-state index contributed by atoms with van der Waals surface area (Å²) in [6, 6.07) is 18.0. The van der Waals surface area contributed by atoms with Crippen molar-refractivity contribution in [3.63, 3.8) is 0 Å². The summed E-state index contributed by atoms with van der Waals surface area (Å²) in [7, 11) is 1.57. The number of aromatic nitrogens is 1. The number of pyridine rings is 1. The lowest BCUT2D eigenvalue weighted by molar-refractivity contribution is -0.118. The van der Waals surface area contributed by atoms with Gasteiger partial charge in [-0.25, -0.2) is 4.98 Å². The highest BCUT2D eigenvalue weighted by Gasteiger charge is 2.06. The molecule has 2 aromatic carbocycles. The molecule has 1 aromatic heterocycles. The summed E-state index contributed by atoms with van der Waals surface area (Å²) >= 11 is 6.11. The molecule has 0 saturated heterocycles. The third-order valence-corrected chi connectivity index (χ3v) is 3.88. The highest BCUT2D eigenvalue weighted by Crippen LogP contribution is 2.28. The molecule has 1 heterocycles. The van der Waals surface area contributed by atoms with Crippen LogP contribution in [-0.4, -0.2) is 24.6 Å². The van der Waals surface area contributed by atoms with Gasteiger partial charge in [0.2, 0.25) is 0 Å². The van der Waals surface area contributed by atoms with Crippen LogP contribution in [0.1, 0.15) is 0 Å². The van der Waals surface area contributed by atoms with Crippen LogP contribution >= 0.6 is 11.6 Å². The number of hydrogen-bond acceptors (Lipinski definition) is 5. The fourth-order valence-corrected chi connectivity index (χ4v) is 2.55. The van der Waals surface area contributed by atoms with Gasteiger partial charge in [0, 0.05) is 5.69 Å². The molecule has 0 spiro atoms. The molecule has 27 heavy (non-hydrogen) atoms. The maximum absolute atomic E-state index is 11.9. The van der Waals surface area contributed by atoms with Crippen molar-refractivity contribution in [1.29, 1.82) is 0 Å². The smallest absolute Gasteiger partial charge is 0.263 e. The van der Waals surface area contributed by atoms with Crippen LogP contribution in [0.25, 0.3) is 0 Å². The second-order valence-electron chi connectivity index (χ2n) is 5.56. The van der Waals surface area contributed by atoms with Gasteiger partial charge >= 0.3 is 0 Å². The van der Waals surface area contributed by atoms with E-state index in [1.807, 2.05) is 24.3 Å². The SMILES string of the molecule is COc1ccc(Nc2ccc(NC(=O)COc3ccccc3)nc2)cc1Cl. The summed E-state index contributed by atoms with van der Waals surface area (Å²) in [5, 5.41) is 6.38. The van der Waals surface area contributed by atoms with Crippen molar-refractivity contribution < 1.29 is 14.3 Å². The Morgan fingerprint density at radius 2 is 1.85 bits per heavy atom. The van der Waals surface area contributed by atoms with Crippen LogP contribution in [0.15, 0.2) is 66.9 Å². The highest BCUT2D eigenvalue weighted by molar-refractivity contribution is 6.32. The Morgan fingerprint density at radius 3 is 2.52 bits per heavy atom. The minimum Gasteiger partial charge on any atom is -0.495 e. The quantitative estimate of drug-likeness (QED) is 0.628. The number of amides is 1. The number of rotatable bonds is 7. The second-order valence-corrected chi connectivity index (χ2v) is 5.96. The summed E-state index contributed by atoms with van der Waals surface area (Å²) in [5.74, 6) is 1.40. The first-order valence-electron chi connectivity index (χ1n) is 8.18. The van der Waals surface area contributed by atoms with Gasteiger partial charge in [-0.1, -0.05) is 29.8 Å². The first-order chi connectivity index (χ1) is 13.1. The Kier molecular flexibility index (Phi) is 6.12. The number of hydrogen-bond donors (Lipinski definition) is 2. The van der Waals surface area contributed by atoms with Crippen LogP contribution in [0.2, 0.25) is 5.02 Å². The van der Waals surface area contributed by atoms with E-state index in [0.717, 1.165) is 11.4 Å². The van der Waals surface area contributed by atoms with Crippen LogP contribution in [0.5, 0.6) is 11.5 Å². The molecule has 3 aromatic rings. The van der Waals surface area contributed by atoms with Gasteiger partial charge in [0.1, 0.15) is 17.3 Å². The van der Waals surface area contributed by atoms with Gasteiger partial charge in [0.15, 0.2) is 6.61 Å². The number of carbonyl (C=O) groups excluding carboxylic acids is 1. The molecular formula is C20H18ClN3O3. The average Bonchev–Trinajstić information content (AvgIpc) is 2.69. The number of carbonyl (C=O) groups is 1. The molecule has 0 bridgehead atoms. The predicted octanol–water partition coefficient (Wildman–Crippen LogP) is 4.50. The van der Waals surface area contributed by atoms with Crippen molar-refractivity contribution in [2.75, 3.05) is 24.4 Å². The van der Waals surface area contributed by atoms with Crippen molar-refractivity contribution in [2.45, 2.75) is 0 Å². The topological polar surface area (TPSA) is 72.5 Å². The molecule has 138 valence electrons. The molecule has 2 N–H and O–H groups in total. The van der Waals surface area contributed by atoms with Crippen LogP contribution in [0, 0.1) is 0 Å². The van der Waals surface area contributed by atoms with Crippen molar-refractivity contribution in [2.24, 2.45) is 0 Å². The molecule has 0 atom stereocenters. The Balaban J connectivity index is 1.53. The second kappa shape index (κ2) is 8.91. The van der Waals surface area contributed by atoms with E-state index in [1.165, 1.54) is 0 Å². The van der Waals surface area contributed by atoms with E-state index in [9.17, 15) is 4.79 Å². The van der Waals surface area contributed by atoms with E-state index >= 15 is 0 Å². The fourth-order valence-electron chi connectivity index (χ4n) is 2.30. The average molecular weight is 384 g/mol. The first kappa shape index (κ1) is 18.5. The van der Waals surface area contributed by atoms with Gasteiger partial charge in [-0.05, 0) is 42.5 Å². The van der Waals surface area contributed by atoms with Gasteiger partial charge in [0.05, 0.1) is 24.0 Å². The zero-order valence-corrected chi connectivity index (χ0v) is 15.4. The molecule has 0 unspecified atom stereocenters. The Bertz CT molecular complexity index is 902. The summed E-state index contributed by atoms with van der Waals surface area (Å²) in [6.45, 7) is -0.0873. The normalized spacial score (nSPS) is 10.1. The minimum atomic E-state index is -0.283. The Morgan fingerprint density at radius 1 is 1.07 bits per heavy atom. The van der Waals surface area contributed by atoms with E-state index in [1.54, 1.807) is 49.7 Å². The van der Waals surface area contributed by atoms with Gasteiger partial charge in [-0.3, -0.25) is 4.79 Å². The fraction of sp³-hybridized carbons (Fsp3) is 0.100. The van der Waals surface area contributed by atoms with E-state index in [2.05, 4.69) is 15.6 Å². The molecule has 6 nitrogen and oxygen atoms in total. The van der Waals surface area contributed by atoms with Crippen molar-refractivity contribution in [1.82, 2.24) is 4.98 Å². The largest absolute Gasteiger partial charge is 0.495 e. The van der Waals surface area contributed by atoms with E-state index in [0.29, 0.717) is 22.3 Å². The number of para-hydroxylation sites is 1. The van der Waals surface area contributed by atoms with Gasteiger partial charge in [-0.15, -0.1) is 0 Å². The Hall–Kier alpha value is -3.25. The molecule has 0 fully saturated rings. The number of nitrogens with one attached hydrogen (secondary N) is 2. The molecule has 0 saturated carbocycles. The molecular weight excluding hydrogens is 366 g/mol. The number of benzene rings is 2. The minimum absolute atomic E-state index is 0.0873. The number of nitrogens with zero attached hydrogens (tertiary/aromatic N) is 1. The van der Waals surface area contributed by atoms with Gasteiger partial charge in [-0.2, -0.15) is 0 Å². The van der Waals surface area contributed by atoms with Crippen LogP contribution < -0.4 is 20.1 Å². The zero-order chi connectivity index (χ0) is 19.1. The van der Waals surface area contributed by atoms with Crippen molar-refractivity contribution in [3.05, 3.63) is 71.9 Å². The first-order valence-corrected chi connectivity index (χ1v) is 8.56. The van der Waals surface area contributed by atoms with Crippen molar-refractivity contribution >= 4 is 34.7 Å². The number of methoxy groups -OCH3 is 1. The van der Waals surface area contributed by atoms with Crippen LogP contribution in [0.4, 0.5) is 17.2 Å². The molecule has 0 aliphatic heterocycles. The molecule has 7 heteroatoms. The summed E-state index contributed by atoms with van der Waals surface area (Å²) in [4.78, 5) is 16.2. The summed E-state index contributed by atoms with van der Waals surface area (Å²) in [6.07, 6.45) is 1.62. The third-order valence-electron chi connectivity index (χ3n) is 3.58. The Labute approximate surface area is 162 Å². The standard InChI is InChI=1S/C20H18ClN3O3/c1-26-18-9-7-14(11-17(18)21)23-15-8-10-19(22-12-15)24-20(25)13-27-16-5-3-2-4-6-16/h2-12,23H,13H2,1H3,(H,22,24,25). The number of ether oxygens (including phenoxy) is 2. The summed E-state index contributed by atoms with van der Waals surface area (Å²) < 4.78 is 10.5. The molecule has 0 aliphatic rings. The maximum Gasteiger partial charge on any atom is 0.263 e. The lowest BCUT2D eigenvalue weighted by atomic mass is 10.3. The third kappa shape index (κ3) is 5.36. The zero-order valence-electron chi connectivity index (χ0n) is 14.6. The number of anilines is 3. The molecule has 1 amide bonds. The maximum atomic E-state index is 11.9. The molecule has 3 rings (SSSR count). The monoisotopic (exact) mass is 383 g/mol. The van der Waals surface area contributed by atoms with E-state index in [4.69, 9.17) is 21.1 Å². The summed E-state index contributed by atoms with van der Waals surface area (Å²) in [5.41, 5.74) is 1.56. The van der Waals surface area contributed by atoms with Gasteiger partial charge in [0.25, 0.3) is 5.91 Å². The van der Waals surface area contributed by atoms with E-state index in [-0.39, 0.29) is 12.5 Å². The lowest BCUT2D eigenvalue weighted by Crippen LogP contribution is -2.20. The number of halogens is 1. The molecule has 0 aliphatic carbocycles. The lowest BCUT2D eigenvalue weighted by Gasteiger charge is -2.10. The van der Waals surface area contributed by atoms with Gasteiger partial charge < -0.3 is 20.1 Å². The predicted molar refractivity (Wildman–Crippen MR) is 106 cm³/mol. The molecule has 0 radical (unpaired) electrons. The van der Waals surface area contributed by atoms with E-state index < -0.39 is 0 Å². The highest BCUT2D eigenvalue weighted by atomic mass is 35.5. The van der Waals surface area contributed by atoms with Crippen LogP contribution in [-0.2, 0) is 4.79 Å². The van der Waals surface area contributed by atoms with Crippen LogP contribution in [0.3, 0.4) is 0 Å².